The first-order chi connectivity index (χ1) is 14.0. The molecule has 1 aromatic carbocycles. The number of para-hydroxylation sites is 1. The Labute approximate surface area is 174 Å². The molecule has 0 bridgehead atoms. The highest BCUT2D eigenvalue weighted by Gasteiger charge is 2.43. The number of nitriles is 1. The van der Waals surface area contributed by atoms with Crippen molar-refractivity contribution in [3.8, 4) is 6.07 Å². The molecule has 4 rings (SSSR count). The number of nitrogens with one attached hydrogen (secondary N) is 1. The van der Waals surface area contributed by atoms with Crippen molar-refractivity contribution in [2.45, 2.75) is 68.6 Å². The molecule has 1 N–H and O–H groups in total. The predicted molar refractivity (Wildman–Crippen MR) is 114 cm³/mol. The Morgan fingerprint density at radius 2 is 2.00 bits per heavy atom. The standard InChI is InChI=1S/C22H26N4O2S/c1-22(14-23,15-11-12-15)25-19(27)13-29-21-24-18-10-6-5-9-17(18)20(28)26(21)16-7-3-2-4-8-16/h5-6,9-10,15-16H,2-4,7-8,11-13H2,1H3,(H,25,27)/t22-/m0/s1. The second-order valence-corrected chi connectivity index (χ2v) is 9.25. The summed E-state index contributed by atoms with van der Waals surface area (Å²) in [5.74, 6) is 0.186. The topological polar surface area (TPSA) is 87.8 Å². The van der Waals surface area contributed by atoms with Gasteiger partial charge >= 0.3 is 0 Å². The summed E-state index contributed by atoms with van der Waals surface area (Å²) in [6.07, 6.45) is 7.30. The zero-order valence-corrected chi connectivity index (χ0v) is 17.5. The van der Waals surface area contributed by atoms with Crippen LogP contribution in [0.4, 0.5) is 0 Å². The second-order valence-electron chi connectivity index (χ2n) is 8.30. The number of nitrogens with zero attached hydrogens (tertiary/aromatic N) is 3. The van der Waals surface area contributed by atoms with Gasteiger partial charge in [-0.2, -0.15) is 5.26 Å². The second kappa shape index (κ2) is 8.19. The van der Waals surface area contributed by atoms with E-state index in [0.29, 0.717) is 16.1 Å². The van der Waals surface area contributed by atoms with Crippen LogP contribution in [0.3, 0.4) is 0 Å². The summed E-state index contributed by atoms with van der Waals surface area (Å²) >= 11 is 1.29. The lowest BCUT2D eigenvalue weighted by Gasteiger charge is -2.26. The van der Waals surface area contributed by atoms with Crippen molar-refractivity contribution in [2.75, 3.05) is 5.75 Å². The molecular weight excluding hydrogens is 384 g/mol. The molecule has 0 unspecified atom stereocenters. The maximum atomic E-state index is 13.2. The van der Waals surface area contributed by atoms with E-state index in [1.807, 2.05) is 28.8 Å². The molecule has 2 aliphatic rings. The van der Waals surface area contributed by atoms with E-state index in [4.69, 9.17) is 4.98 Å². The minimum absolute atomic E-state index is 0.0229. The average molecular weight is 411 g/mol. The highest BCUT2D eigenvalue weighted by molar-refractivity contribution is 7.99. The Morgan fingerprint density at radius 1 is 1.28 bits per heavy atom. The Bertz CT molecular complexity index is 1020. The van der Waals surface area contributed by atoms with Crippen molar-refractivity contribution in [3.05, 3.63) is 34.6 Å². The molecule has 1 aromatic heterocycles. The van der Waals surface area contributed by atoms with E-state index in [-0.39, 0.29) is 29.2 Å². The van der Waals surface area contributed by atoms with Gasteiger partial charge in [-0.3, -0.25) is 14.2 Å². The Kier molecular flexibility index (Phi) is 5.64. The molecule has 1 heterocycles. The summed E-state index contributed by atoms with van der Waals surface area (Å²) in [4.78, 5) is 30.5. The van der Waals surface area contributed by atoms with E-state index in [9.17, 15) is 14.9 Å². The molecule has 1 amide bonds. The van der Waals surface area contributed by atoms with Gasteiger partial charge in [-0.05, 0) is 50.7 Å². The summed E-state index contributed by atoms with van der Waals surface area (Å²) in [6, 6.07) is 9.77. The van der Waals surface area contributed by atoms with Crippen LogP contribution in [0.1, 0.15) is 57.9 Å². The normalized spacial score (nSPS) is 19.4. The van der Waals surface area contributed by atoms with Crippen LogP contribution >= 0.6 is 11.8 Å². The molecular formula is C22H26N4O2S. The fourth-order valence-corrected chi connectivity index (χ4v) is 5.09. The van der Waals surface area contributed by atoms with Crippen molar-refractivity contribution in [2.24, 2.45) is 5.92 Å². The van der Waals surface area contributed by atoms with Crippen molar-refractivity contribution < 1.29 is 4.79 Å². The van der Waals surface area contributed by atoms with Gasteiger partial charge in [0.05, 0.1) is 22.7 Å². The van der Waals surface area contributed by atoms with Gasteiger partial charge in [0, 0.05) is 6.04 Å². The average Bonchev–Trinajstić information content (AvgIpc) is 3.59. The van der Waals surface area contributed by atoms with E-state index in [1.165, 1.54) is 18.2 Å². The monoisotopic (exact) mass is 410 g/mol. The van der Waals surface area contributed by atoms with E-state index < -0.39 is 5.54 Å². The first-order valence-electron chi connectivity index (χ1n) is 10.4. The van der Waals surface area contributed by atoms with E-state index in [1.54, 1.807) is 6.92 Å². The van der Waals surface area contributed by atoms with Gasteiger partial charge in [0.25, 0.3) is 5.56 Å². The smallest absolute Gasteiger partial charge is 0.262 e. The lowest BCUT2D eigenvalue weighted by molar-refractivity contribution is -0.119. The largest absolute Gasteiger partial charge is 0.337 e. The van der Waals surface area contributed by atoms with Crippen LogP contribution in [-0.4, -0.2) is 26.8 Å². The van der Waals surface area contributed by atoms with E-state index >= 15 is 0 Å². The summed E-state index contributed by atoms with van der Waals surface area (Å²) in [6.45, 7) is 1.79. The first kappa shape index (κ1) is 20.0. The molecule has 2 fully saturated rings. The van der Waals surface area contributed by atoms with E-state index in [2.05, 4.69) is 11.4 Å². The lowest BCUT2D eigenvalue weighted by atomic mass is 9.95. The van der Waals surface area contributed by atoms with Crippen molar-refractivity contribution >= 4 is 28.6 Å². The number of hydrogen-bond donors (Lipinski definition) is 1. The first-order valence-corrected chi connectivity index (χ1v) is 11.4. The number of hydrogen-bond acceptors (Lipinski definition) is 5. The van der Waals surface area contributed by atoms with Crippen LogP contribution in [0.25, 0.3) is 10.9 Å². The number of benzene rings is 1. The van der Waals surface area contributed by atoms with Crippen LogP contribution < -0.4 is 10.9 Å². The van der Waals surface area contributed by atoms with Gasteiger partial charge in [-0.1, -0.05) is 43.2 Å². The zero-order chi connectivity index (χ0) is 20.4. The van der Waals surface area contributed by atoms with Crippen molar-refractivity contribution in [1.29, 1.82) is 5.26 Å². The highest BCUT2D eigenvalue weighted by atomic mass is 32.2. The molecule has 2 aliphatic carbocycles. The van der Waals surface area contributed by atoms with Gasteiger partial charge in [0.2, 0.25) is 5.91 Å². The Morgan fingerprint density at radius 3 is 2.69 bits per heavy atom. The number of carbonyl (C=O) groups is 1. The molecule has 2 saturated carbocycles. The van der Waals surface area contributed by atoms with Gasteiger partial charge in [-0.15, -0.1) is 0 Å². The minimum Gasteiger partial charge on any atom is -0.337 e. The molecule has 0 aliphatic heterocycles. The zero-order valence-electron chi connectivity index (χ0n) is 16.7. The summed E-state index contributed by atoms with van der Waals surface area (Å²) < 4.78 is 1.81. The quantitative estimate of drug-likeness (QED) is 0.578. The fourth-order valence-electron chi connectivity index (χ4n) is 4.23. The molecule has 2 aromatic rings. The van der Waals surface area contributed by atoms with Crippen LogP contribution in [-0.2, 0) is 4.79 Å². The summed E-state index contributed by atoms with van der Waals surface area (Å²) in [5, 5.41) is 13.6. The molecule has 0 saturated heterocycles. The van der Waals surface area contributed by atoms with Gasteiger partial charge in [0.15, 0.2) is 5.16 Å². The number of amides is 1. The SMILES string of the molecule is C[C@@](C#N)(NC(=O)CSc1nc2ccccc2c(=O)n1C1CCCCC1)C1CC1. The van der Waals surface area contributed by atoms with E-state index in [0.717, 1.165) is 38.5 Å². The van der Waals surface area contributed by atoms with Crippen LogP contribution in [0.15, 0.2) is 34.2 Å². The molecule has 0 spiro atoms. The van der Waals surface area contributed by atoms with Gasteiger partial charge in [0.1, 0.15) is 5.54 Å². The Balaban J connectivity index is 1.59. The number of thioether (sulfide) groups is 1. The summed E-state index contributed by atoms with van der Waals surface area (Å²) in [7, 11) is 0. The fraction of sp³-hybridized carbons (Fsp3) is 0.545. The summed E-state index contributed by atoms with van der Waals surface area (Å²) in [5.41, 5.74) is -0.171. The molecule has 0 radical (unpaired) electrons. The van der Waals surface area contributed by atoms with Crippen molar-refractivity contribution in [3.63, 3.8) is 0 Å². The molecule has 7 heteroatoms. The highest BCUT2D eigenvalue weighted by Crippen LogP contribution is 2.39. The third-order valence-electron chi connectivity index (χ3n) is 6.07. The van der Waals surface area contributed by atoms with Crippen LogP contribution in [0.2, 0.25) is 0 Å². The maximum Gasteiger partial charge on any atom is 0.262 e. The van der Waals surface area contributed by atoms with Gasteiger partial charge in [-0.25, -0.2) is 4.98 Å². The third kappa shape index (κ3) is 4.18. The van der Waals surface area contributed by atoms with Crippen LogP contribution in [0, 0.1) is 17.2 Å². The number of fused-ring (bicyclic) bond motifs is 1. The van der Waals surface area contributed by atoms with Crippen molar-refractivity contribution in [1.82, 2.24) is 14.9 Å². The molecule has 29 heavy (non-hydrogen) atoms. The number of carbonyl (C=O) groups excluding carboxylic acids is 1. The maximum absolute atomic E-state index is 13.2. The molecule has 152 valence electrons. The Hall–Kier alpha value is -2.33. The lowest BCUT2D eigenvalue weighted by Crippen LogP contribution is -2.47. The third-order valence-corrected chi connectivity index (χ3v) is 7.03. The molecule has 1 atom stereocenters. The van der Waals surface area contributed by atoms with Crippen LogP contribution in [0.5, 0.6) is 0 Å². The predicted octanol–water partition coefficient (Wildman–Crippen LogP) is 3.80. The number of rotatable bonds is 6. The van der Waals surface area contributed by atoms with Gasteiger partial charge < -0.3 is 5.32 Å². The minimum atomic E-state index is -0.808. The number of aromatic nitrogens is 2. The molecule has 6 nitrogen and oxygen atoms in total.